The van der Waals surface area contributed by atoms with Gasteiger partial charge in [0.15, 0.2) is 5.96 Å². The molecule has 6 heteroatoms. The smallest absolute Gasteiger partial charge is 0.191 e. The van der Waals surface area contributed by atoms with E-state index in [1.54, 1.807) is 11.3 Å². The SMILES string of the molecule is CN=C(NCCCCN1CCN(C)CC1)NCc1ccsc1. The zero-order valence-corrected chi connectivity index (χ0v) is 14.7. The molecule has 2 heterocycles. The van der Waals surface area contributed by atoms with E-state index in [0.717, 1.165) is 19.0 Å². The molecule has 0 atom stereocenters. The third-order valence-electron chi connectivity index (χ3n) is 4.05. The van der Waals surface area contributed by atoms with Crippen molar-refractivity contribution in [3.8, 4) is 0 Å². The van der Waals surface area contributed by atoms with Gasteiger partial charge in [-0.15, -0.1) is 0 Å². The molecule has 22 heavy (non-hydrogen) atoms. The highest BCUT2D eigenvalue weighted by atomic mass is 32.1. The van der Waals surface area contributed by atoms with Crippen LogP contribution in [0.1, 0.15) is 18.4 Å². The number of nitrogens with one attached hydrogen (secondary N) is 2. The van der Waals surface area contributed by atoms with Crippen LogP contribution in [0.5, 0.6) is 0 Å². The molecule has 0 saturated carbocycles. The summed E-state index contributed by atoms with van der Waals surface area (Å²) in [7, 11) is 4.03. The molecule has 0 unspecified atom stereocenters. The molecule has 1 aliphatic heterocycles. The molecule has 0 aliphatic carbocycles. The van der Waals surface area contributed by atoms with E-state index in [9.17, 15) is 0 Å². The molecule has 1 aliphatic rings. The van der Waals surface area contributed by atoms with Crippen molar-refractivity contribution in [2.75, 3.05) is 53.4 Å². The van der Waals surface area contributed by atoms with E-state index in [4.69, 9.17) is 0 Å². The fourth-order valence-electron chi connectivity index (χ4n) is 2.54. The fraction of sp³-hybridized carbons (Fsp3) is 0.688. The maximum absolute atomic E-state index is 4.27. The topological polar surface area (TPSA) is 42.9 Å². The normalized spacial score (nSPS) is 17.6. The van der Waals surface area contributed by atoms with E-state index in [0.29, 0.717) is 0 Å². The highest BCUT2D eigenvalue weighted by Gasteiger charge is 2.12. The number of likely N-dealkylation sites (N-methyl/N-ethyl adjacent to an activating group) is 1. The first-order chi connectivity index (χ1) is 10.8. The molecule has 2 N–H and O–H groups in total. The number of unbranched alkanes of at least 4 members (excludes halogenated alkanes) is 1. The second-order valence-electron chi connectivity index (χ2n) is 5.84. The number of thiophene rings is 1. The molecule has 0 aromatic carbocycles. The summed E-state index contributed by atoms with van der Waals surface area (Å²) in [6.07, 6.45) is 2.43. The molecular weight excluding hydrogens is 294 g/mol. The fourth-order valence-corrected chi connectivity index (χ4v) is 3.21. The molecule has 1 aromatic rings. The van der Waals surface area contributed by atoms with Crippen LogP contribution >= 0.6 is 11.3 Å². The Morgan fingerprint density at radius 3 is 2.73 bits per heavy atom. The third-order valence-corrected chi connectivity index (χ3v) is 4.79. The van der Waals surface area contributed by atoms with Crippen molar-refractivity contribution in [2.45, 2.75) is 19.4 Å². The van der Waals surface area contributed by atoms with E-state index in [1.165, 1.54) is 51.1 Å². The first-order valence-electron chi connectivity index (χ1n) is 8.14. The van der Waals surface area contributed by atoms with Gasteiger partial charge < -0.3 is 20.4 Å². The monoisotopic (exact) mass is 323 g/mol. The van der Waals surface area contributed by atoms with Crippen molar-refractivity contribution in [1.82, 2.24) is 20.4 Å². The minimum Gasteiger partial charge on any atom is -0.356 e. The second kappa shape index (κ2) is 9.82. The highest BCUT2D eigenvalue weighted by Crippen LogP contribution is 2.04. The van der Waals surface area contributed by atoms with E-state index in [1.807, 2.05) is 7.05 Å². The molecular formula is C16H29N5S. The number of rotatable bonds is 7. The van der Waals surface area contributed by atoms with Gasteiger partial charge >= 0.3 is 0 Å². The number of piperazine rings is 1. The maximum atomic E-state index is 4.27. The van der Waals surface area contributed by atoms with Crippen LogP contribution in [0.3, 0.4) is 0 Å². The molecule has 0 radical (unpaired) electrons. The van der Waals surface area contributed by atoms with Gasteiger partial charge in [0.2, 0.25) is 0 Å². The quantitative estimate of drug-likeness (QED) is 0.453. The highest BCUT2D eigenvalue weighted by molar-refractivity contribution is 7.07. The summed E-state index contributed by atoms with van der Waals surface area (Å²) in [4.78, 5) is 9.24. The second-order valence-corrected chi connectivity index (χ2v) is 6.62. The van der Waals surface area contributed by atoms with Crippen LogP contribution in [0.25, 0.3) is 0 Å². The summed E-state index contributed by atoms with van der Waals surface area (Å²) in [5.74, 6) is 0.894. The lowest BCUT2D eigenvalue weighted by Crippen LogP contribution is -2.44. The lowest BCUT2D eigenvalue weighted by Gasteiger charge is -2.32. The Morgan fingerprint density at radius 2 is 2.05 bits per heavy atom. The first kappa shape index (κ1) is 17.2. The molecule has 1 fully saturated rings. The number of hydrogen-bond acceptors (Lipinski definition) is 4. The maximum Gasteiger partial charge on any atom is 0.191 e. The first-order valence-corrected chi connectivity index (χ1v) is 9.08. The Morgan fingerprint density at radius 1 is 1.23 bits per heavy atom. The number of guanidine groups is 1. The van der Waals surface area contributed by atoms with Crippen LogP contribution in [-0.4, -0.2) is 69.1 Å². The summed E-state index contributed by atoms with van der Waals surface area (Å²) in [6.45, 7) is 7.88. The lowest BCUT2D eigenvalue weighted by molar-refractivity contribution is 0.152. The van der Waals surface area contributed by atoms with E-state index < -0.39 is 0 Å². The molecule has 0 bridgehead atoms. The minimum absolute atomic E-state index is 0.838. The van der Waals surface area contributed by atoms with Gasteiger partial charge in [0, 0.05) is 46.3 Å². The third kappa shape index (κ3) is 6.34. The number of nitrogens with zero attached hydrogens (tertiary/aromatic N) is 3. The van der Waals surface area contributed by atoms with Gasteiger partial charge in [-0.3, -0.25) is 4.99 Å². The van der Waals surface area contributed by atoms with Crippen molar-refractivity contribution < 1.29 is 0 Å². The molecule has 124 valence electrons. The minimum atomic E-state index is 0.838. The van der Waals surface area contributed by atoms with Crippen LogP contribution in [0.2, 0.25) is 0 Å². The van der Waals surface area contributed by atoms with E-state index >= 15 is 0 Å². The summed E-state index contributed by atoms with van der Waals surface area (Å²) in [5, 5.41) is 11.0. The lowest BCUT2D eigenvalue weighted by atomic mass is 10.2. The van der Waals surface area contributed by atoms with Crippen LogP contribution in [0, 0.1) is 0 Å². The summed E-state index contributed by atoms with van der Waals surface area (Å²) >= 11 is 1.73. The zero-order valence-electron chi connectivity index (χ0n) is 13.8. The molecule has 0 spiro atoms. The predicted molar refractivity (Wildman–Crippen MR) is 95.7 cm³/mol. The Balaban J connectivity index is 1.51. The van der Waals surface area contributed by atoms with Crippen LogP contribution < -0.4 is 10.6 Å². The number of aliphatic imine (C=N–C) groups is 1. The Labute approximate surface area is 138 Å². The largest absolute Gasteiger partial charge is 0.356 e. The summed E-state index contributed by atoms with van der Waals surface area (Å²) in [6, 6.07) is 2.14. The van der Waals surface area contributed by atoms with Crippen LogP contribution in [0.15, 0.2) is 21.8 Å². The van der Waals surface area contributed by atoms with Gasteiger partial charge in [0.05, 0.1) is 0 Å². The van der Waals surface area contributed by atoms with Gasteiger partial charge in [-0.05, 0) is 48.8 Å². The molecule has 5 nitrogen and oxygen atoms in total. The Hall–Kier alpha value is -1.11. The van der Waals surface area contributed by atoms with E-state index in [2.05, 4.69) is 49.3 Å². The van der Waals surface area contributed by atoms with Gasteiger partial charge in [0.1, 0.15) is 0 Å². The molecule has 2 rings (SSSR count). The van der Waals surface area contributed by atoms with Crippen molar-refractivity contribution in [3.05, 3.63) is 22.4 Å². The molecule has 1 saturated heterocycles. The van der Waals surface area contributed by atoms with Gasteiger partial charge in [-0.25, -0.2) is 0 Å². The summed E-state index contributed by atoms with van der Waals surface area (Å²) < 4.78 is 0. The van der Waals surface area contributed by atoms with Crippen LogP contribution in [-0.2, 0) is 6.54 Å². The summed E-state index contributed by atoms with van der Waals surface area (Å²) in [5.41, 5.74) is 1.31. The Bertz CT molecular complexity index is 424. The van der Waals surface area contributed by atoms with Crippen molar-refractivity contribution >= 4 is 17.3 Å². The Kier molecular flexibility index (Phi) is 7.70. The average molecular weight is 324 g/mol. The van der Waals surface area contributed by atoms with Crippen molar-refractivity contribution in [1.29, 1.82) is 0 Å². The zero-order chi connectivity index (χ0) is 15.6. The standard InChI is InChI=1S/C16H29N5S/c1-17-16(19-13-15-5-12-22-14-15)18-6-3-4-7-21-10-8-20(2)9-11-21/h5,12,14H,3-4,6-11,13H2,1-2H3,(H2,17,18,19). The van der Waals surface area contributed by atoms with Crippen LogP contribution in [0.4, 0.5) is 0 Å². The van der Waals surface area contributed by atoms with E-state index in [-0.39, 0.29) is 0 Å². The van der Waals surface area contributed by atoms with Crippen molar-refractivity contribution in [2.24, 2.45) is 4.99 Å². The van der Waals surface area contributed by atoms with Gasteiger partial charge in [-0.1, -0.05) is 0 Å². The van der Waals surface area contributed by atoms with Crippen molar-refractivity contribution in [3.63, 3.8) is 0 Å². The molecule has 0 amide bonds. The van der Waals surface area contributed by atoms with Gasteiger partial charge in [-0.2, -0.15) is 11.3 Å². The predicted octanol–water partition coefficient (Wildman–Crippen LogP) is 1.44. The van der Waals surface area contributed by atoms with Gasteiger partial charge in [0.25, 0.3) is 0 Å². The average Bonchev–Trinajstić information content (AvgIpc) is 3.05. The molecule has 1 aromatic heterocycles. The number of hydrogen-bond donors (Lipinski definition) is 2.